The zero-order valence-electron chi connectivity index (χ0n) is 9.43. The Morgan fingerprint density at radius 2 is 2.00 bits per heavy atom. The minimum absolute atomic E-state index is 0.315. The Labute approximate surface area is 113 Å². The van der Waals surface area contributed by atoms with Gasteiger partial charge >= 0.3 is 0 Å². The van der Waals surface area contributed by atoms with Crippen molar-refractivity contribution in [2.24, 2.45) is 0 Å². The van der Waals surface area contributed by atoms with Crippen molar-refractivity contribution in [2.45, 2.75) is 6.42 Å². The first-order valence-corrected chi connectivity index (χ1v) is 6.74. The molecule has 0 atom stereocenters. The summed E-state index contributed by atoms with van der Waals surface area (Å²) in [5.41, 5.74) is 1.81. The second kappa shape index (κ2) is 4.59. The van der Waals surface area contributed by atoms with Crippen LogP contribution >= 0.6 is 22.9 Å². The summed E-state index contributed by atoms with van der Waals surface area (Å²) in [6, 6.07) is 13.0. The summed E-state index contributed by atoms with van der Waals surface area (Å²) in [4.78, 5) is 4.53. The third-order valence-electron chi connectivity index (χ3n) is 2.73. The van der Waals surface area contributed by atoms with E-state index in [0.717, 1.165) is 20.8 Å². The van der Waals surface area contributed by atoms with Gasteiger partial charge in [-0.05, 0) is 24.3 Å². The molecule has 1 aromatic heterocycles. The van der Waals surface area contributed by atoms with Gasteiger partial charge in [-0.2, -0.15) is 0 Å². The number of phenolic OH excluding ortho intramolecular Hbond substituents is 1. The molecule has 0 saturated heterocycles. The highest BCUT2D eigenvalue weighted by Crippen LogP contribution is 2.28. The van der Waals surface area contributed by atoms with Crippen LogP contribution < -0.4 is 0 Å². The van der Waals surface area contributed by atoms with E-state index >= 15 is 0 Å². The maximum Gasteiger partial charge on any atom is 0.119 e. The Hall–Kier alpha value is -1.58. The number of halogens is 1. The quantitative estimate of drug-likeness (QED) is 0.759. The lowest BCUT2D eigenvalue weighted by atomic mass is 10.1. The summed E-state index contributed by atoms with van der Waals surface area (Å²) in [5.74, 6) is 0.315. The normalized spacial score (nSPS) is 10.9. The van der Waals surface area contributed by atoms with E-state index in [1.165, 1.54) is 0 Å². The molecule has 0 fully saturated rings. The second-order valence-corrected chi connectivity index (χ2v) is 5.58. The third-order valence-corrected chi connectivity index (χ3v) is 4.00. The second-order valence-electron chi connectivity index (χ2n) is 4.03. The van der Waals surface area contributed by atoms with Crippen LogP contribution in [0.3, 0.4) is 0 Å². The van der Waals surface area contributed by atoms with Crippen LogP contribution in [0.25, 0.3) is 10.2 Å². The maximum absolute atomic E-state index is 9.75. The molecule has 4 heteroatoms. The minimum atomic E-state index is 0.315. The van der Waals surface area contributed by atoms with E-state index in [1.54, 1.807) is 17.4 Å². The van der Waals surface area contributed by atoms with Gasteiger partial charge in [-0.15, -0.1) is 11.3 Å². The number of rotatable bonds is 2. The number of para-hydroxylation sites is 1. The summed E-state index contributed by atoms with van der Waals surface area (Å²) in [5, 5.41) is 11.4. The lowest BCUT2D eigenvalue weighted by Gasteiger charge is -2.00. The predicted molar refractivity (Wildman–Crippen MR) is 75.5 cm³/mol. The largest absolute Gasteiger partial charge is 0.508 e. The molecule has 1 heterocycles. The average Bonchev–Trinajstić information content (AvgIpc) is 2.73. The molecule has 3 rings (SSSR count). The molecule has 90 valence electrons. The van der Waals surface area contributed by atoms with Gasteiger partial charge in [0.25, 0.3) is 0 Å². The van der Waals surface area contributed by atoms with Crippen molar-refractivity contribution < 1.29 is 5.11 Å². The molecular weight excluding hydrogens is 266 g/mol. The Bertz CT molecular complexity index is 708. The van der Waals surface area contributed by atoms with E-state index in [9.17, 15) is 5.11 Å². The number of aromatic hydroxyl groups is 1. The van der Waals surface area contributed by atoms with Gasteiger partial charge in [-0.1, -0.05) is 29.8 Å². The summed E-state index contributed by atoms with van der Waals surface area (Å²) in [7, 11) is 0. The molecule has 2 nitrogen and oxygen atoms in total. The van der Waals surface area contributed by atoms with E-state index < -0.39 is 0 Å². The lowest BCUT2D eigenvalue weighted by molar-refractivity contribution is 0.469. The van der Waals surface area contributed by atoms with Crippen LogP contribution in [0.1, 0.15) is 10.6 Å². The van der Waals surface area contributed by atoms with Gasteiger partial charge in [0.05, 0.1) is 15.2 Å². The molecule has 0 amide bonds. The first-order valence-electron chi connectivity index (χ1n) is 5.54. The molecule has 0 spiro atoms. The van der Waals surface area contributed by atoms with Crippen molar-refractivity contribution in [3.05, 3.63) is 58.1 Å². The number of fused-ring (bicyclic) bond motifs is 1. The van der Waals surface area contributed by atoms with Crippen molar-refractivity contribution in [1.29, 1.82) is 0 Å². The molecule has 0 saturated carbocycles. The van der Waals surface area contributed by atoms with Gasteiger partial charge in [0.1, 0.15) is 5.75 Å². The van der Waals surface area contributed by atoms with Crippen molar-refractivity contribution in [2.75, 3.05) is 0 Å². The van der Waals surface area contributed by atoms with Crippen LogP contribution in [0.5, 0.6) is 5.75 Å². The van der Waals surface area contributed by atoms with Crippen LogP contribution in [0.4, 0.5) is 0 Å². The molecular formula is C14H10ClNOS. The van der Waals surface area contributed by atoms with E-state index in [1.807, 2.05) is 36.4 Å². The third kappa shape index (κ3) is 2.19. The molecule has 0 unspecified atom stereocenters. The van der Waals surface area contributed by atoms with Gasteiger partial charge < -0.3 is 5.11 Å². The van der Waals surface area contributed by atoms with Crippen molar-refractivity contribution in [3.8, 4) is 5.75 Å². The molecule has 1 N–H and O–H groups in total. The topological polar surface area (TPSA) is 33.1 Å². The minimum Gasteiger partial charge on any atom is -0.508 e. The standard InChI is InChI=1S/C14H10ClNOS/c15-10-5-6-13-11(8-10)16-14(18-13)7-9-3-1-2-4-12(9)17/h1-6,8,17H,7H2. The summed E-state index contributed by atoms with van der Waals surface area (Å²) >= 11 is 7.57. The van der Waals surface area contributed by atoms with Crippen LogP contribution in [0.2, 0.25) is 5.02 Å². The fraction of sp³-hybridized carbons (Fsp3) is 0.0714. The first kappa shape index (κ1) is 11.5. The summed E-state index contributed by atoms with van der Waals surface area (Å²) < 4.78 is 1.12. The van der Waals surface area contributed by atoms with Crippen molar-refractivity contribution in [1.82, 2.24) is 4.98 Å². The molecule has 0 aliphatic heterocycles. The van der Waals surface area contributed by atoms with E-state index in [0.29, 0.717) is 17.2 Å². The van der Waals surface area contributed by atoms with Gasteiger partial charge in [0, 0.05) is 17.0 Å². The predicted octanol–water partition coefficient (Wildman–Crippen LogP) is 4.25. The Balaban J connectivity index is 1.98. The van der Waals surface area contributed by atoms with Gasteiger partial charge in [0.15, 0.2) is 0 Å². The number of hydrogen-bond acceptors (Lipinski definition) is 3. The maximum atomic E-state index is 9.75. The Morgan fingerprint density at radius 1 is 1.17 bits per heavy atom. The fourth-order valence-corrected chi connectivity index (χ4v) is 2.98. The highest BCUT2D eigenvalue weighted by molar-refractivity contribution is 7.18. The lowest BCUT2D eigenvalue weighted by Crippen LogP contribution is -1.87. The highest BCUT2D eigenvalue weighted by Gasteiger charge is 2.07. The van der Waals surface area contributed by atoms with Gasteiger partial charge in [-0.3, -0.25) is 0 Å². The first-order chi connectivity index (χ1) is 8.72. The molecule has 18 heavy (non-hydrogen) atoms. The molecule has 0 radical (unpaired) electrons. The van der Waals surface area contributed by atoms with Crippen molar-refractivity contribution >= 4 is 33.2 Å². The summed E-state index contributed by atoms with van der Waals surface area (Å²) in [6.07, 6.45) is 0.642. The molecule has 0 aliphatic carbocycles. The van der Waals surface area contributed by atoms with Crippen molar-refractivity contribution in [3.63, 3.8) is 0 Å². The molecule has 0 aliphatic rings. The number of aromatic nitrogens is 1. The number of thiazole rings is 1. The van der Waals surface area contributed by atoms with Gasteiger partial charge in [-0.25, -0.2) is 4.98 Å². The van der Waals surface area contributed by atoms with Crippen LogP contribution in [-0.4, -0.2) is 10.1 Å². The molecule has 0 bridgehead atoms. The number of benzene rings is 2. The van der Waals surface area contributed by atoms with Crippen LogP contribution in [0, 0.1) is 0 Å². The van der Waals surface area contributed by atoms with Crippen LogP contribution in [0.15, 0.2) is 42.5 Å². The summed E-state index contributed by atoms with van der Waals surface area (Å²) in [6.45, 7) is 0. The SMILES string of the molecule is Oc1ccccc1Cc1nc2cc(Cl)ccc2s1. The van der Waals surface area contributed by atoms with E-state index in [2.05, 4.69) is 4.98 Å². The van der Waals surface area contributed by atoms with Gasteiger partial charge in [0.2, 0.25) is 0 Å². The average molecular weight is 276 g/mol. The molecule has 2 aromatic carbocycles. The smallest absolute Gasteiger partial charge is 0.119 e. The van der Waals surface area contributed by atoms with Crippen LogP contribution in [-0.2, 0) is 6.42 Å². The zero-order valence-corrected chi connectivity index (χ0v) is 11.0. The fourth-order valence-electron chi connectivity index (χ4n) is 1.85. The van der Waals surface area contributed by atoms with E-state index in [4.69, 9.17) is 11.6 Å². The molecule has 3 aromatic rings. The van der Waals surface area contributed by atoms with E-state index in [-0.39, 0.29) is 0 Å². The zero-order chi connectivity index (χ0) is 12.5. The monoisotopic (exact) mass is 275 g/mol. The number of phenols is 1. The Kier molecular flexibility index (Phi) is 2.94. The Morgan fingerprint density at radius 3 is 2.83 bits per heavy atom. The number of nitrogens with zero attached hydrogens (tertiary/aromatic N) is 1. The number of hydrogen-bond donors (Lipinski definition) is 1. The highest BCUT2D eigenvalue weighted by atomic mass is 35.5.